The van der Waals surface area contributed by atoms with Crippen LogP contribution in [0.1, 0.15) is 33.1 Å². The van der Waals surface area contributed by atoms with E-state index in [9.17, 15) is 13.5 Å². The van der Waals surface area contributed by atoms with Crippen LogP contribution in [0.3, 0.4) is 0 Å². The van der Waals surface area contributed by atoms with Gasteiger partial charge in [0.05, 0.1) is 17.0 Å². The molecule has 0 aromatic heterocycles. The second-order valence-electron chi connectivity index (χ2n) is 5.42. The maximum Gasteiger partial charge on any atom is 0.240 e. The Kier molecular flexibility index (Phi) is 7.76. The Labute approximate surface area is 141 Å². The third-order valence-corrected chi connectivity index (χ3v) is 5.76. The van der Waals surface area contributed by atoms with Gasteiger partial charge in [-0.1, -0.05) is 42.3 Å². The highest BCUT2D eigenvalue weighted by Gasteiger charge is 2.29. The summed E-state index contributed by atoms with van der Waals surface area (Å²) in [5.41, 5.74) is 0. The first-order valence-corrected chi connectivity index (χ1v) is 9.66. The molecule has 0 radical (unpaired) electrons. The van der Waals surface area contributed by atoms with Gasteiger partial charge in [-0.05, 0) is 43.0 Å². The highest BCUT2D eigenvalue weighted by molar-refractivity contribution is 9.10. The highest BCUT2D eigenvalue weighted by Crippen LogP contribution is 2.20. The van der Waals surface area contributed by atoms with Gasteiger partial charge in [0.1, 0.15) is 0 Å². The molecule has 0 aliphatic rings. The van der Waals surface area contributed by atoms with Crippen molar-refractivity contribution in [2.75, 3.05) is 0 Å². The van der Waals surface area contributed by atoms with Crippen molar-refractivity contribution in [1.29, 1.82) is 0 Å². The molecule has 1 aromatic rings. The molecule has 3 atom stereocenters. The Hall–Kier alpha value is -0.690. The molecular weight excluding hydrogens is 366 g/mol. The van der Waals surface area contributed by atoms with E-state index < -0.39 is 22.2 Å². The minimum Gasteiger partial charge on any atom is -0.391 e. The summed E-state index contributed by atoms with van der Waals surface area (Å²) in [6.45, 7) is 7.55. The summed E-state index contributed by atoms with van der Waals surface area (Å²) < 4.78 is 28.5. The zero-order chi connectivity index (χ0) is 16.8. The first-order chi connectivity index (χ1) is 10.3. The zero-order valence-electron chi connectivity index (χ0n) is 13.0. The van der Waals surface area contributed by atoms with E-state index in [0.29, 0.717) is 12.8 Å². The molecule has 0 fully saturated rings. The van der Waals surface area contributed by atoms with Crippen LogP contribution in [0.4, 0.5) is 0 Å². The molecule has 0 saturated carbocycles. The summed E-state index contributed by atoms with van der Waals surface area (Å²) in [5.74, 6) is 0.0324. The predicted octanol–water partition coefficient (Wildman–Crippen LogP) is 3.47. The van der Waals surface area contributed by atoms with Crippen molar-refractivity contribution in [1.82, 2.24) is 4.72 Å². The molecule has 0 bridgehead atoms. The second kappa shape index (κ2) is 8.82. The van der Waals surface area contributed by atoms with E-state index in [2.05, 4.69) is 27.2 Å². The average Bonchev–Trinajstić information content (AvgIpc) is 2.50. The maximum absolute atomic E-state index is 12.5. The summed E-state index contributed by atoms with van der Waals surface area (Å²) in [6, 6.07) is 5.92. The van der Waals surface area contributed by atoms with Crippen LogP contribution in [-0.4, -0.2) is 25.7 Å². The number of halogens is 1. The van der Waals surface area contributed by atoms with E-state index in [0.717, 1.165) is 10.9 Å². The van der Waals surface area contributed by atoms with Crippen molar-refractivity contribution in [2.45, 2.75) is 50.2 Å². The lowest BCUT2D eigenvalue weighted by molar-refractivity contribution is 0.104. The highest BCUT2D eigenvalue weighted by atomic mass is 79.9. The van der Waals surface area contributed by atoms with Gasteiger partial charge in [-0.25, -0.2) is 13.1 Å². The van der Waals surface area contributed by atoms with Crippen LogP contribution >= 0.6 is 15.9 Å². The number of hydrogen-bond acceptors (Lipinski definition) is 3. The predicted molar refractivity (Wildman–Crippen MR) is 93.1 cm³/mol. The number of rotatable bonds is 9. The van der Waals surface area contributed by atoms with Crippen molar-refractivity contribution in [3.8, 4) is 0 Å². The quantitative estimate of drug-likeness (QED) is 0.635. The van der Waals surface area contributed by atoms with Crippen molar-refractivity contribution in [3.05, 3.63) is 41.4 Å². The lowest BCUT2D eigenvalue weighted by Gasteiger charge is -2.28. The van der Waals surface area contributed by atoms with Gasteiger partial charge in [-0.3, -0.25) is 0 Å². The summed E-state index contributed by atoms with van der Waals surface area (Å²) >= 11 is 3.28. The van der Waals surface area contributed by atoms with Gasteiger partial charge in [0.25, 0.3) is 0 Å². The molecule has 4 nitrogen and oxygen atoms in total. The molecule has 0 aliphatic heterocycles. The molecule has 2 N–H and O–H groups in total. The van der Waals surface area contributed by atoms with E-state index in [4.69, 9.17) is 0 Å². The molecule has 0 heterocycles. The second-order valence-corrected chi connectivity index (χ2v) is 8.05. The summed E-state index contributed by atoms with van der Waals surface area (Å²) in [5, 5.41) is 10.3. The molecule has 0 saturated heterocycles. The number of aliphatic hydroxyl groups is 1. The Balaban J connectivity index is 2.96. The van der Waals surface area contributed by atoms with Gasteiger partial charge >= 0.3 is 0 Å². The van der Waals surface area contributed by atoms with Crippen LogP contribution in [0.15, 0.2) is 46.3 Å². The Morgan fingerprint density at radius 2 is 1.95 bits per heavy atom. The first-order valence-electron chi connectivity index (χ1n) is 7.38. The standard InChI is InChI=1S/C16H24BrNO3S/c1-4-6-7-15(19)16(12(3)5-2)18-22(20,21)14-10-8-13(17)9-11-14/h4,8-12,15-16,18-19H,1,5-7H2,2-3H3/t12-,15?,16-/m0/s1. The lowest BCUT2D eigenvalue weighted by Crippen LogP contribution is -2.47. The molecule has 1 rings (SSSR count). The first kappa shape index (κ1) is 19.4. The number of allylic oxidation sites excluding steroid dienone is 1. The fourth-order valence-corrected chi connectivity index (χ4v) is 3.80. The van der Waals surface area contributed by atoms with E-state index in [-0.39, 0.29) is 10.8 Å². The van der Waals surface area contributed by atoms with Crippen molar-refractivity contribution < 1.29 is 13.5 Å². The molecule has 1 aromatic carbocycles. The third kappa shape index (κ3) is 5.50. The van der Waals surface area contributed by atoms with Gasteiger partial charge in [-0.15, -0.1) is 6.58 Å². The van der Waals surface area contributed by atoms with Crippen LogP contribution in [0.25, 0.3) is 0 Å². The molecule has 22 heavy (non-hydrogen) atoms. The molecule has 0 spiro atoms. The lowest BCUT2D eigenvalue weighted by atomic mass is 9.93. The summed E-state index contributed by atoms with van der Waals surface area (Å²) in [4.78, 5) is 0.194. The van der Waals surface area contributed by atoms with Gasteiger partial charge in [0.15, 0.2) is 0 Å². The van der Waals surface area contributed by atoms with E-state index in [1.54, 1.807) is 18.2 Å². The van der Waals surface area contributed by atoms with Crippen molar-refractivity contribution in [3.63, 3.8) is 0 Å². The smallest absolute Gasteiger partial charge is 0.240 e. The number of benzene rings is 1. The van der Waals surface area contributed by atoms with Gasteiger partial charge in [0.2, 0.25) is 10.0 Å². The normalized spacial score (nSPS) is 16.0. The molecule has 0 amide bonds. The van der Waals surface area contributed by atoms with E-state index in [1.807, 2.05) is 13.8 Å². The van der Waals surface area contributed by atoms with Crippen LogP contribution < -0.4 is 4.72 Å². The average molecular weight is 390 g/mol. The minimum atomic E-state index is -3.66. The maximum atomic E-state index is 12.5. The minimum absolute atomic E-state index is 0.0324. The van der Waals surface area contributed by atoms with Crippen LogP contribution in [0.5, 0.6) is 0 Å². The Morgan fingerprint density at radius 1 is 1.36 bits per heavy atom. The largest absolute Gasteiger partial charge is 0.391 e. The van der Waals surface area contributed by atoms with E-state index >= 15 is 0 Å². The monoisotopic (exact) mass is 389 g/mol. The van der Waals surface area contributed by atoms with Crippen LogP contribution in [0, 0.1) is 5.92 Å². The fourth-order valence-electron chi connectivity index (χ4n) is 2.16. The number of nitrogens with one attached hydrogen (secondary N) is 1. The number of hydrogen-bond donors (Lipinski definition) is 2. The Bertz CT molecular complexity index is 572. The van der Waals surface area contributed by atoms with Gasteiger partial charge < -0.3 is 5.11 Å². The topological polar surface area (TPSA) is 66.4 Å². The zero-order valence-corrected chi connectivity index (χ0v) is 15.4. The summed E-state index contributed by atoms with van der Waals surface area (Å²) in [7, 11) is -3.66. The van der Waals surface area contributed by atoms with Gasteiger partial charge in [-0.2, -0.15) is 0 Å². The van der Waals surface area contributed by atoms with Gasteiger partial charge in [0, 0.05) is 4.47 Å². The van der Waals surface area contributed by atoms with Crippen LogP contribution in [0.2, 0.25) is 0 Å². The third-order valence-electron chi connectivity index (χ3n) is 3.75. The molecular formula is C16H24BrNO3S. The number of sulfonamides is 1. The summed E-state index contributed by atoms with van der Waals surface area (Å²) in [6.07, 6.45) is 2.90. The molecule has 1 unspecified atom stereocenters. The molecule has 0 aliphatic carbocycles. The molecule has 124 valence electrons. The Morgan fingerprint density at radius 3 is 2.45 bits per heavy atom. The number of aliphatic hydroxyl groups excluding tert-OH is 1. The van der Waals surface area contributed by atoms with E-state index in [1.165, 1.54) is 12.1 Å². The van der Waals surface area contributed by atoms with Crippen molar-refractivity contribution in [2.24, 2.45) is 5.92 Å². The van der Waals surface area contributed by atoms with Crippen molar-refractivity contribution >= 4 is 26.0 Å². The SMILES string of the molecule is C=CCCC(O)[C@@H](NS(=O)(=O)c1ccc(Br)cc1)[C@@H](C)CC. The van der Waals surface area contributed by atoms with Crippen LogP contribution in [-0.2, 0) is 10.0 Å². The molecule has 6 heteroatoms. The fraction of sp³-hybridized carbons (Fsp3) is 0.500.